The highest BCUT2D eigenvalue weighted by atomic mass is 35.5. The van der Waals surface area contributed by atoms with Gasteiger partial charge in [0, 0.05) is 12.6 Å². The first-order valence-corrected chi connectivity index (χ1v) is 9.17. The Balaban J connectivity index is 1.75. The van der Waals surface area contributed by atoms with Crippen molar-refractivity contribution < 1.29 is 4.79 Å². The maximum Gasteiger partial charge on any atom is 0.191 e. The van der Waals surface area contributed by atoms with Gasteiger partial charge >= 0.3 is 0 Å². The van der Waals surface area contributed by atoms with Gasteiger partial charge in [-0.05, 0) is 24.3 Å². The number of aromatic nitrogens is 3. The Bertz CT molecular complexity index is 860. The summed E-state index contributed by atoms with van der Waals surface area (Å²) in [6, 6.07) is 10.9. The van der Waals surface area contributed by atoms with Crippen LogP contribution in [0.5, 0.6) is 0 Å². The molecule has 0 saturated heterocycles. The minimum Gasteiger partial charge on any atom is -0.305 e. The number of Topliss-reactive ketones (excluding diaryl/α,β-unsaturated/α-hetero) is 1. The average Bonchev–Trinajstić information content (AvgIpc) is 3.12. The lowest BCUT2D eigenvalue weighted by Crippen LogP contribution is -2.02. The topological polar surface area (TPSA) is 47.8 Å². The fourth-order valence-electron chi connectivity index (χ4n) is 1.98. The average molecular weight is 384 g/mol. The van der Waals surface area contributed by atoms with Gasteiger partial charge in [-0.15, -0.1) is 21.5 Å². The molecule has 1 aromatic carbocycles. The highest BCUT2D eigenvalue weighted by molar-refractivity contribution is 7.99. The second-order valence-electron chi connectivity index (χ2n) is 4.66. The highest BCUT2D eigenvalue weighted by Gasteiger charge is 2.16. The number of ketones is 1. The zero-order valence-electron chi connectivity index (χ0n) is 12.0. The molecule has 0 fully saturated rings. The van der Waals surface area contributed by atoms with E-state index in [2.05, 4.69) is 10.2 Å². The van der Waals surface area contributed by atoms with Gasteiger partial charge < -0.3 is 4.57 Å². The predicted molar refractivity (Wildman–Crippen MR) is 95.8 cm³/mol. The van der Waals surface area contributed by atoms with Crippen molar-refractivity contribution in [1.29, 1.82) is 0 Å². The molecule has 8 heteroatoms. The van der Waals surface area contributed by atoms with Crippen LogP contribution in [0.1, 0.15) is 9.67 Å². The number of hydrogen-bond donors (Lipinski definition) is 0. The molecule has 4 nitrogen and oxygen atoms in total. The molecule has 0 atom stereocenters. The molecule has 2 heterocycles. The molecule has 0 spiro atoms. The van der Waals surface area contributed by atoms with Crippen LogP contribution in [0.3, 0.4) is 0 Å². The van der Waals surface area contributed by atoms with Crippen molar-refractivity contribution in [3.05, 3.63) is 50.6 Å². The van der Waals surface area contributed by atoms with Crippen molar-refractivity contribution in [3.63, 3.8) is 0 Å². The van der Waals surface area contributed by atoms with Crippen molar-refractivity contribution in [2.45, 2.75) is 5.16 Å². The number of carbonyl (C=O) groups excluding carboxylic acids is 1. The van der Waals surface area contributed by atoms with E-state index < -0.39 is 0 Å². The molecule has 3 aromatic rings. The van der Waals surface area contributed by atoms with E-state index in [-0.39, 0.29) is 11.5 Å². The van der Waals surface area contributed by atoms with E-state index in [0.29, 0.717) is 25.2 Å². The van der Waals surface area contributed by atoms with Crippen LogP contribution in [-0.4, -0.2) is 26.3 Å². The zero-order valence-corrected chi connectivity index (χ0v) is 15.1. The first-order valence-electron chi connectivity index (χ1n) is 6.62. The van der Waals surface area contributed by atoms with Gasteiger partial charge in [0.15, 0.2) is 16.8 Å². The third-order valence-electron chi connectivity index (χ3n) is 3.13. The van der Waals surface area contributed by atoms with Gasteiger partial charge in [-0.25, -0.2) is 0 Å². The van der Waals surface area contributed by atoms with Gasteiger partial charge in [0.25, 0.3) is 0 Å². The van der Waals surface area contributed by atoms with Gasteiger partial charge in [-0.2, -0.15) is 0 Å². The fraction of sp³-hybridized carbons (Fsp3) is 0.133. The van der Waals surface area contributed by atoms with Crippen molar-refractivity contribution in [2.75, 3.05) is 5.75 Å². The van der Waals surface area contributed by atoms with Crippen molar-refractivity contribution >= 4 is 52.1 Å². The van der Waals surface area contributed by atoms with E-state index in [0.717, 1.165) is 5.56 Å². The summed E-state index contributed by atoms with van der Waals surface area (Å²) >= 11 is 14.7. The third-order valence-corrected chi connectivity index (χ3v) is 5.75. The van der Waals surface area contributed by atoms with Gasteiger partial charge in [0.1, 0.15) is 0 Å². The Labute approximate surface area is 151 Å². The minimum absolute atomic E-state index is 0.0224. The van der Waals surface area contributed by atoms with Crippen LogP contribution in [0.25, 0.3) is 11.4 Å². The standard InChI is InChI=1S/C15H11Cl2N3OS2/c1-20-14(9-4-2-3-5-10(9)16)18-19-15(20)22-8-11(21)12-6-7-13(17)23-12/h2-7H,8H2,1H3. The normalized spacial score (nSPS) is 10.9. The van der Waals surface area contributed by atoms with E-state index in [4.69, 9.17) is 23.2 Å². The monoisotopic (exact) mass is 383 g/mol. The smallest absolute Gasteiger partial charge is 0.191 e. The van der Waals surface area contributed by atoms with Gasteiger partial charge in [0.2, 0.25) is 0 Å². The van der Waals surface area contributed by atoms with Crippen LogP contribution in [0.2, 0.25) is 9.36 Å². The van der Waals surface area contributed by atoms with Crippen molar-refractivity contribution in [1.82, 2.24) is 14.8 Å². The molecule has 0 aliphatic rings. The van der Waals surface area contributed by atoms with Crippen molar-refractivity contribution in [2.24, 2.45) is 7.05 Å². The SMILES string of the molecule is Cn1c(SCC(=O)c2ccc(Cl)s2)nnc1-c1ccccc1Cl. The van der Waals surface area contributed by atoms with E-state index in [1.54, 1.807) is 12.1 Å². The summed E-state index contributed by atoms with van der Waals surface area (Å²) in [5, 5.41) is 9.60. The maximum absolute atomic E-state index is 12.1. The largest absolute Gasteiger partial charge is 0.305 e. The summed E-state index contributed by atoms with van der Waals surface area (Å²) in [4.78, 5) is 12.8. The first kappa shape index (κ1) is 16.5. The number of thioether (sulfide) groups is 1. The summed E-state index contributed by atoms with van der Waals surface area (Å²) < 4.78 is 2.44. The molecule has 0 bridgehead atoms. The van der Waals surface area contributed by atoms with Crippen LogP contribution in [-0.2, 0) is 7.05 Å². The summed E-state index contributed by atoms with van der Waals surface area (Å²) in [5.74, 6) is 0.977. The maximum atomic E-state index is 12.1. The van der Waals surface area contributed by atoms with E-state index in [1.807, 2.05) is 35.9 Å². The number of benzene rings is 1. The lowest BCUT2D eigenvalue weighted by molar-refractivity contribution is 0.102. The Kier molecular flexibility index (Phi) is 5.06. The third kappa shape index (κ3) is 3.61. The number of nitrogens with zero attached hydrogens (tertiary/aromatic N) is 3. The molecule has 0 saturated carbocycles. The minimum atomic E-state index is 0.0224. The molecule has 2 aromatic heterocycles. The summed E-state index contributed by atoms with van der Waals surface area (Å²) in [5.41, 5.74) is 0.812. The lowest BCUT2D eigenvalue weighted by Gasteiger charge is -2.04. The molecule has 23 heavy (non-hydrogen) atoms. The Morgan fingerprint density at radius 3 is 2.70 bits per heavy atom. The molecule has 0 amide bonds. The molecule has 0 unspecified atom stereocenters. The Hall–Kier alpha value is -1.34. The molecular formula is C15H11Cl2N3OS2. The molecule has 0 aliphatic carbocycles. The molecule has 0 N–H and O–H groups in total. The lowest BCUT2D eigenvalue weighted by atomic mass is 10.2. The molecular weight excluding hydrogens is 373 g/mol. The van der Waals surface area contributed by atoms with Gasteiger partial charge in [-0.3, -0.25) is 4.79 Å². The van der Waals surface area contributed by atoms with E-state index >= 15 is 0 Å². The molecule has 118 valence electrons. The van der Waals surface area contributed by atoms with Gasteiger partial charge in [-0.1, -0.05) is 47.1 Å². The number of carbonyl (C=O) groups is 1. The van der Waals surface area contributed by atoms with Crippen LogP contribution in [0.15, 0.2) is 41.6 Å². The first-order chi connectivity index (χ1) is 11.1. The molecule has 3 rings (SSSR count). The molecule has 0 radical (unpaired) electrons. The van der Waals surface area contributed by atoms with Crippen molar-refractivity contribution in [3.8, 4) is 11.4 Å². The van der Waals surface area contributed by atoms with E-state index in [1.165, 1.54) is 23.1 Å². The summed E-state index contributed by atoms with van der Waals surface area (Å²) in [6.07, 6.45) is 0. The van der Waals surface area contributed by atoms with E-state index in [9.17, 15) is 4.79 Å². The number of hydrogen-bond acceptors (Lipinski definition) is 5. The number of rotatable bonds is 5. The van der Waals surface area contributed by atoms with Gasteiger partial charge in [0.05, 0.1) is 20.0 Å². The fourth-order valence-corrected chi connectivity index (χ4v) is 4.07. The summed E-state index contributed by atoms with van der Waals surface area (Å²) in [7, 11) is 1.85. The highest BCUT2D eigenvalue weighted by Crippen LogP contribution is 2.29. The van der Waals surface area contributed by atoms with Crippen LogP contribution >= 0.6 is 46.3 Å². The number of halogens is 2. The Morgan fingerprint density at radius 1 is 1.22 bits per heavy atom. The zero-order chi connectivity index (χ0) is 16.4. The summed E-state index contributed by atoms with van der Waals surface area (Å²) in [6.45, 7) is 0. The Morgan fingerprint density at radius 2 is 2.00 bits per heavy atom. The number of thiophene rings is 1. The second-order valence-corrected chi connectivity index (χ2v) is 7.73. The quantitative estimate of drug-likeness (QED) is 0.467. The van der Waals surface area contributed by atoms with Crippen LogP contribution < -0.4 is 0 Å². The van der Waals surface area contributed by atoms with Crippen LogP contribution in [0, 0.1) is 0 Å². The second kappa shape index (κ2) is 7.05. The predicted octanol–water partition coefficient (Wildman–Crippen LogP) is 4.83. The van der Waals surface area contributed by atoms with Crippen LogP contribution in [0.4, 0.5) is 0 Å². The molecule has 0 aliphatic heterocycles.